The molecule has 0 unspecified atom stereocenters. The lowest BCUT2D eigenvalue weighted by Crippen LogP contribution is -2.46. The second-order valence-electron chi connectivity index (χ2n) is 17.7. The van der Waals surface area contributed by atoms with Crippen LogP contribution in [0.25, 0.3) is 22.4 Å². The minimum absolute atomic E-state index is 0.140. The maximum absolute atomic E-state index is 15.6. The standard InChI is InChI=1S/C51H57ClF2N6O3S2.CO2/c1-35-30-44(18-19-48(35)55-40(34-64-43-8-6-5-7-9-43)20-23-58-24-21-51(3,61)22-25-58)65(62,63)56-39-14-16-41(17-15-39)59-26-28-60(29-27-59)42-32-45(49(54)47(53)33-42)46-31-36(2)57(4)50(46)37-10-12-38(52)13-11-37;2-1-3/h5-19,30-33,40,55-56,61H,20-29,34H2,1-4H3;/t40-;/m1./s1. The number of piperazine rings is 1. The van der Waals surface area contributed by atoms with Crippen molar-refractivity contribution in [2.24, 2.45) is 7.05 Å². The topological polar surface area (TPSA) is 127 Å². The first-order chi connectivity index (χ1) is 32.5. The minimum Gasteiger partial charge on any atom is -0.390 e. The first-order valence-corrected chi connectivity index (χ1v) is 25.4. The van der Waals surface area contributed by atoms with Crippen LogP contribution >= 0.6 is 23.4 Å². The Morgan fingerprint density at radius 2 is 1.44 bits per heavy atom. The second-order valence-corrected chi connectivity index (χ2v) is 20.9. The van der Waals surface area contributed by atoms with Gasteiger partial charge in [-0.05, 0) is 130 Å². The number of thioether (sulfide) groups is 1. The third-order valence-corrected chi connectivity index (χ3v) is 15.6. The molecule has 2 aliphatic heterocycles. The number of rotatable bonds is 15. The number of likely N-dealkylation sites (tertiary alicyclic amines) is 1. The van der Waals surface area contributed by atoms with Crippen LogP contribution in [0, 0.1) is 25.5 Å². The zero-order chi connectivity index (χ0) is 48.6. The van der Waals surface area contributed by atoms with Crippen LogP contribution in [0.15, 0.2) is 125 Å². The van der Waals surface area contributed by atoms with E-state index in [2.05, 4.69) is 36.9 Å². The molecule has 6 aromatic rings. The van der Waals surface area contributed by atoms with Gasteiger partial charge in [-0.2, -0.15) is 9.59 Å². The van der Waals surface area contributed by atoms with Crippen molar-refractivity contribution in [2.45, 2.75) is 61.5 Å². The molecule has 0 saturated carbocycles. The number of sulfonamides is 1. The Kier molecular flexibility index (Phi) is 16.4. The van der Waals surface area contributed by atoms with Crippen molar-refractivity contribution >= 4 is 62.3 Å². The highest BCUT2D eigenvalue weighted by molar-refractivity contribution is 7.99. The summed E-state index contributed by atoms with van der Waals surface area (Å²) in [5.74, 6) is -0.940. The molecule has 8 rings (SSSR count). The third kappa shape index (κ3) is 12.5. The molecule has 2 aliphatic rings. The van der Waals surface area contributed by atoms with Crippen molar-refractivity contribution in [3.63, 3.8) is 0 Å². The highest BCUT2D eigenvalue weighted by atomic mass is 35.5. The van der Waals surface area contributed by atoms with E-state index < -0.39 is 27.3 Å². The van der Waals surface area contributed by atoms with Gasteiger partial charge in [-0.3, -0.25) is 4.72 Å². The largest absolute Gasteiger partial charge is 0.390 e. The highest BCUT2D eigenvalue weighted by Gasteiger charge is 2.28. The molecule has 0 bridgehead atoms. The van der Waals surface area contributed by atoms with E-state index in [9.17, 15) is 13.5 Å². The molecule has 2 saturated heterocycles. The van der Waals surface area contributed by atoms with Gasteiger partial charge in [0.1, 0.15) is 0 Å². The summed E-state index contributed by atoms with van der Waals surface area (Å²) in [6.45, 7) is 10.9. The number of hydrogen-bond donors (Lipinski definition) is 3. The molecule has 1 aromatic heterocycles. The van der Waals surface area contributed by atoms with Crippen molar-refractivity contribution in [3.8, 4) is 22.4 Å². The molecule has 11 nitrogen and oxygen atoms in total. The predicted octanol–water partition coefficient (Wildman–Crippen LogP) is 10.3. The number of aryl methyl sites for hydroxylation is 2. The van der Waals surface area contributed by atoms with Gasteiger partial charge in [0.05, 0.1) is 16.2 Å². The smallest absolute Gasteiger partial charge is 0.373 e. The summed E-state index contributed by atoms with van der Waals surface area (Å²) in [5.41, 5.74) is 6.49. The lowest BCUT2D eigenvalue weighted by atomic mass is 9.94. The molecule has 3 heterocycles. The Labute approximate surface area is 407 Å². The molecular weight excluding hydrogens is 926 g/mol. The van der Waals surface area contributed by atoms with Gasteiger partial charge in [0, 0.05) is 120 Å². The number of hydrogen-bond acceptors (Lipinski definition) is 10. The molecule has 0 amide bonds. The molecule has 358 valence electrons. The number of benzene rings is 5. The van der Waals surface area contributed by atoms with E-state index in [1.807, 2.05) is 87.0 Å². The fourth-order valence-corrected chi connectivity index (χ4v) is 11.0. The fraction of sp³-hybridized carbons (Fsp3) is 0.327. The number of halogens is 3. The SMILES string of the molecule is Cc1cc(S(=O)(=O)Nc2ccc(N3CCN(c4cc(F)c(F)c(-c5cc(C)n(C)c5-c5ccc(Cl)cc5)c4)CC3)cc2)ccc1N[C@H](CCN1CCC(C)(O)CC1)CSc1ccccc1.O=C=O. The van der Waals surface area contributed by atoms with E-state index in [-0.39, 0.29) is 22.7 Å². The van der Waals surface area contributed by atoms with E-state index in [0.29, 0.717) is 48.1 Å². The number of nitrogens with one attached hydrogen (secondary N) is 2. The van der Waals surface area contributed by atoms with E-state index in [4.69, 9.17) is 21.2 Å². The number of carbonyl (C=O) groups excluding carboxylic acids is 2. The normalized spacial score (nSPS) is 15.5. The monoisotopic (exact) mass is 982 g/mol. The van der Waals surface area contributed by atoms with Crippen molar-refractivity contribution in [3.05, 3.63) is 143 Å². The number of anilines is 4. The molecule has 68 heavy (non-hydrogen) atoms. The first kappa shape index (κ1) is 50.2. The number of aliphatic hydroxyl groups is 1. The molecule has 3 N–H and O–H groups in total. The molecular formula is C52H57ClF2N6O5S2. The lowest BCUT2D eigenvalue weighted by molar-refractivity contribution is -0.191. The zero-order valence-corrected chi connectivity index (χ0v) is 41.0. The number of nitrogens with zero attached hydrogens (tertiary/aromatic N) is 4. The summed E-state index contributed by atoms with van der Waals surface area (Å²) in [5, 5.41) is 14.7. The van der Waals surface area contributed by atoms with Crippen LogP contribution in [0.3, 0.4) is 0 Å². The van der Waals surface area contributed by atoms with Gasteiger partial charge in [0.15, 0.2) is 11.6 Å². The van der Waals surface area contributed by atoms with Crippen LogP contribution in [-0.4, -0.2) is 92.4 Å². The zero-order valence-electron chi connectivity index (χ0n) is 38.6. The third-order valence-electron chi connectivity index (χ3n) is 12.8. The first-order valence-electron chi connectivity index (χ1n) is 22.6. The van der Waals surface area contributed by atoms with E-state index in [0.717, 1.165) is 78.5 Å². The molecule has 5 aromatic carbocycles. The summed E-state index contributed by atoms with van der Waals surface area (Å²) in [6, 6.07) is 35.3. The molecule has 16 heteroatoms. The minimum atomic E-state index is -3.88. The summed E-state index contributed by atoms with van der Waals surface area (Å²) in [7, 11) is -1.97. The van der Waals surface area contributed by atoms with E-state index in [1.54, 1.807) is 54.2 Å². The predicted molar refractivity (Wildman–Crippen MR) is 269 cm³/mol. The summed E-state index contributed by atoms with van der Waals surface area (Å²) >= 11 is 7.96. The van der Waals surface area contributed by atoms with E-state index in [1.165, 1.54) is 11.0 Å². The number of piperidine rings is 1. The average Bonchev–Trinajstić information content (AvgIpc) is 3.62. The van der Waals surface area contributed by atoms with E-state index >= 15 is 8.78 Å². The van der Waals surface area contributed by atoms with Gasteiger partial charge in [-0.25, -0.2) is 17.2 Å². The van der Waals surface area contributed by atoms with Gasteiger partial charge >= 0.3 is 6.15 Å². The van der Waals surface area contributed by atoms with Gasteiger partial charge < -0.3 is 29.7 Å². The maximum atomic E-state index is 15.6. The van der Waals surface area contributed by atoms with Gasteiger partial charge in [0.25, 0.3) is 10.0 Å². The average molecular weight is 984 g/mol. The fourth-order valence-electron chi connectivity index (χ4n) is 8.72. The summed E-state index contributed by atoms with van der Waals surface area (Å²) < 4.78 is 63.0. The summed E-state index contributed by atoms with van der Waals surface area (Å²) in [4.78, 5) is 24.3. The van der Waals surface area contributed by atoms with Crippen LogP contribution in [0.5, 0.6) is 0 Å². The Balaban J connectivity index is 0.00000222. The highest BCUT2D eigenvalue weighted by Crippen LogP contribution is 2.39. The Hall–Kier alpha value is -5.67. The Morgan fingerprint density at radius 1 is 0.809 bits per heavy atom. The Bertz CT molecular complexity index is 2810. The number of aromatic nitrogens is 1. The van der Waals surface area contributed by atoms with Crippen LogP contribution in [0.2, 0.25) is 5.02 Å². The van der Waals surface area contributed by atoms with Crippen LogP contribution in [0.1, 0.15) is 37.4 Å². The molecule has 2 fully saturated rings. The molecule has 0 radical (unpaired) electrons. The van der Waals surface area contributed by atoms with Crippen LogP contribution in [-0.2, 0) is 26.7 Å². The van der Waals surface area contributed by atoms with Crippen molar-refractivity contribution in [2.75, 3.05) is 71.4 Å². The summed E-state index contributed by atoms with van der Waals surface area (Å²) in [6.07, 6.45) is 2.69. The molecule has 0 spiro atoms. The maximum Gasteiger partial charge on any atom is 0.373 e. The van der Waals surface area contributed by atoms with Gasteiger partial charge in [-0.15, -0.1) is 11.8 Å². The van der Waals surface area contributed by atoms with Gasteiger partial charge in [-0.1, -0.05) is 41.9 Å². The van der Waals surface area contributed by atoms with Crippen molar-refractivity contribution in [1.82, 2.24) is 9.47 Å². The van der Waals surface area contributed by atoms with Gasteiger partial charge in [0.2, 0.25) is 0 Å². The molecule has 0 aliphatic carbocycles. The molecule has 1 atom stereocenters. The van der Waals surface area contributed by atoms with Crippen LogP contribution in [0.4, 0.5) is 31.5 Å². The van der Waals surface area contributed by atoms with Crippen molar-refractivity contribution in [1.29, 1.82) is 0 Å². The lowest BCUT2D eigenvalue weighted by Gasteiger charge is -2.37. The van der Waals surface area contributed by atoms with Crippen molar-refractivity contribution < 1.29 is 31.9 Å². The second kappa shape index (κ2) is 22.2. The quantitative estimate of drug-likeness (QED) is 0.0856. The van der Waals surface area contributed by atoms with Crippen LogP contribution < -0.4 is 19.8 Å². The Morgan fingerprint density at radius 3 is 2.07 bits per heavy atom.